The molecule has 41 heavy (non-hydrogen) atoms. The number of aldehydes is 1. The number of hydrogen-bond acceptors (Lipinski definition) is 7. The van der Waals surface area contributed by atoms with Gasteiger partial charge in [0.1, 0.15) is 4.99 Å². The van der Waals surface area contributed by atoms with Gasteiger partial charge in [0.25, 0.3) is 5.91 Å². The second-order valence-electron chi connectivity index (χ2n) is 9.44. The number of carbonyl (C=O) groups excluding carboxylic acids is 2. The molecular formula is C31H33FN6O2S. The van der Waals surface area contributed by atoms with Gasteiger partial charge >= 0.3 is 0 Å². The average Bonchev–Trinajstić information content (AvgIpc) is 3.76. The summed E-state index contributed by atoms with van der Waals surface area (Å²) in [5.74, 6) is -0.680. The molecule has 8 nitrogen and oxygen atoms in total. The average molecular weight is 573 g/mol. The molecule has 0 saturated heterocycles. The van der Waals surface area contributed by atoms with E-state index in [-0.39, 0.29) is 18.4 Å². The van der Waals surface area contributed by atoms with Gasteiger partial charge in [-0.05, 0) is 66.4 Å². The molecular weight excluding hydrogens is 539 g/mol. The molecule has 0 radical (unpaired) electrons. The third-order valence-corrected chi connectivity index (χ3v) is 6.81. The predicted molar refractivity (Wildman–Crippen MR) is 165 cm³/mol. The van der Waals surface area contributed by atoms with Crippen molar-refractivity contribution in [2.45, 2.75) is 38.1 Å². The predicted octanol–water partition coefficient (Wildman–Crippen LogP) is 4.02. The maximum atomic E-state index is 13.4. The Kier molecular flexibility index (Phi) is 11.2. The Hall–Kier alpha value is -4.46. The summed E-state index contributed by atoms with van der Waals surface area (Å²) in [5.41, 5.74) is 9.64. The first-order valence-electron chi connectivity index (χ1n) is 13.1. The first-order chi connectivity index (χ1) is 19.8. The van der Waals surface area contributed by atoms with E-state index < -0.39 is 12.2 Å². The Bertz CT molecular complexity index is 1510. The van der Waals surface area contributed by atoms with Gasteiger partial charge in [-0.2, -0.15) is 5.26 Å². The first kappa shape index (κ1) is 31.1. The van der Waals surface area contributed by atoms with Crippen LogP contribution in [0.15, 0.2) is 71.9 Å². The Labute approximate surface area is 244 Å². The number of amides is 1. The largest absolute Gasteiger partial charge is 0.404 e. The van der Waals surface area contributed by atoms with Crippen molar-refractivity contribution >= 4 is 52.0 Å². The van der Waals surface area contributed by atoms with Gasteiger partial charge in [0, 0.05) is 30.1 Å². The first-order valence-corrected chi connectivity index (χ1v) is 13.5. The standard InChI is InChI=1S/C28H27FN4O2S.C3H6N2/c1-18(29)31-16-22(14-30)21-12-19-6-2-4-8-23(19)25(13-21)28(10-11-28)33-27(36)24-9-5-3-7-20(24)15-32-26(35)17-34;1-5-3-2-4/h2-9,12-14,16-18H,10-11,15,30H2,1H3,(H,32,35)(H,33,36);5H,3H2,1H3/b22-14+,31-16+;. The fourth-order valence-corrected chi connectivity index (χ4v) is 4.73. The van der Waals surface area contributed by atoms with E-state index in [1.165, 1.54) is 19.3 Å². The Balaban J connectivity index is 0.000000850. The fraction of sp³-hybridized carbons (Fsp3) is 0.258. The third kappa shape index (κ3) is 8.27. The Morgan fingerprint density at radius 2 is 1.93 bits per heavy atom. The SMILES string of the molecule is CC(F)/N=C/C(=C\N)c1cc(C2(NC(=S)c3ccccc3CNC(=O)C=O)CC2)c2ccccc2c1.CNCC#N. The van der Waals surface area contributed by atoms with Crippen LogP contribution in [0.25, 0.3) is 16.3 Å². The molecule has 1 amide bonds. The number of nitrogens with one attached hydrogen (secondary N) is 3. The minimum absolute atomic E-state index is 0.192. The van der Waals surface area contributed by atoms with E-state index >= 15 is 0 Å². The maximum absolute atomic E-state index is 13.4. The van der Waals surface area contributed by atoms with Crippen molar-refractivity contribution in [1.82, 2.24) is 16.0 Å². The molecule has 0 aromatic heterocycles. The van der Waals surface area contributed by atoms with Crippen molar-refractivity contribution in [2.24, 2.45) is 10.7 Å². The van der Waals surface area contributed by atoms with Gasteiger partial charge in [0.2, 0.25) is 6.29 Å². The summed E-state index contributed by atoms with van der Waals surface area (Å²) < 4.78 is 13.4. The number of alkyl halides is 1. The van der Waals surface area contributed by atoms with Crippen molar-refractivity contribution in [3.8, 4) is 6.07 Å². The lowest BCUT2D eigenvalue weighted by Crippen LogP contribution is -2.35. The lowest BCUT2D eigenvalue weighted by molar-refractivity contribution is -0.131. The van der Waals surface area contributed by atoms with Crippen LogP contribution in [0.5, 0.6) is 0 Å². The van der Waals surface area contributed by atoms with E-state index in [2.05, 4.69) is 33.1 Å². The lowest BCUT2D eigenvalue weighted by Gasteiger charge is -2.24. The summed E-state index contributed by atoms with van der Waals surface area (Å²) in [7, 11) is 1.74. The number of rotatable bonds is 10. The topological polar surface area (TPSA) is 132 Å². The molecule has 0 aliphatic heterocycles. The van der Waals surface area contributed by atoms with Gasteiger partial charge in [-0.3, -0.25) is 14.6 Å². The third-order valence-electron chi connectivity index (χ3n) is 6.49. The van der Waals surface area contributed by atoms with E-state index in [1.807, 2.05) is 54.6 Å². The number of nitrogens with two attached hydrogens (primary N) is 1. The Morgan fingerprint density at radius 1 is 1.22 bits per heavy atom. The second kappa shape index (κ2) is 14.8. The minimum atomic E-state index is -1.33. The normalized spacial score (nSPS) is 14.3. The zero-order valence-electron chi connectivity index (χ0n) is 23.0. The van der Waals surface area contributed by atoms with Crippen LogP contribution in [0.3, 0.4) is 0 Å². The maximum Gasteiger partial charge on any atom is 0.284 e. The molecule has 1 aliphatic carbocycles. The molecule has 5 N–H and O–H groups in total. The molecule has 4 rings (SSSR count). The highest BCUT2D eigenvalue weighted by Gasteiger charge is 2.46. The zero-order valence-corrected chi connectivity index (χ0v) is 23.8. The molecule has 1 atom stereocenters. The molecule has 3 aromatic rings. The smallest absolute Gasteiger partial charge is 0.284 e. The number of hydrogen-bond donors (Lipinski definition) is 4. The molecule has 0 spiro atoms. The van der Waals surface area contributed by atoms with Gasteiger partial charge in [-0.15, -0.1) is 0 Å². The van der Waals surface area contributed by atoms with E-state index in [9.17, 15) is 14.0 Å². The molecule has 10 heteroatoms. The van der Waals surface area contributed by atoms with Crippen LogP contribution in [0, 0.1) is 11.3 Å². The summed E-state index contributed by atoms with van der Waals surface area (Å²) in [6, 6.07) is 21.6. The highest BCUT2D eigenvalue weighted by atomic mass is 32.1. The summed E-state index contributed by atoms with van der Waals surface area (Å²) in [6.07, 6.45) is 3.56. The number of aliphatic imine (C=N–C) groups is 1. The lowest BCUT2D eigenvalue weighted by atomic mass is 9.92. The minimum Gasteiger partial charge on any atom is -0.404 e. The van der Waals surface area contributed by atoms with Gasteiger partial charge in [-0.1, -0.05) is 60.7 Å². The molecule has 1 saturated carbocycles. The van der Waals surface area contributed by atoms with Crippen LogP contribution in [-0.4, -0.2) is 43.3 Å². The highest BCUT2D eigenvalue weighted by molar-refractivity contribution is 7.80. The van der Waals surface area contributed by atoms with Crippen molar-refractivity contribution in [3.05, 3.63) is 89.1 Å². The van der Waals surface area contributed by atoms with Crippen LogP contribution >= 0.6 is 12.2 Å². The summed E-state index contributed by atoms with van der Waals surface area (Å²) in [4.78, 5) is 26.5. The number of halogens is 1. The quantitative estimate of drug-likeness (QED) is 0.0720. The van der Waals surface area contributed by atoms with E-state index in [4.69, 9.17) is 23.2 Å². The molecule has 0 heterocycles. The van der Waals surface area contributed by atoms with Crippen LogP contribution in [0.4, 0.5) is 4.39 Å². The molecule has 3 aromatic carbocycles. The number of nitrogens with zero attached hydrogens (tertiary/aromatic N) is 2. The van der Waals surface area contributed by atoms with Crippen LogP contribution in [0.1, 0.15) is 42.0 Å². The van der Waals surface area contributed by atoms with Crippen LogP contribution in [-0.2, 0) is 21.7 Å². The molecule has 1 fully saturated rings. The highest BCUT2D eigenvalue weighted by Crippen LogP contribution is 2.49. The number of thiocarbonyl (C=S) groups is 1. The van der Waals surface area contributed by atoms with Crippen molar-refractivity contribution in [3.63, 3.8) is 0 Å². The fourth-order valence-electron chi connectivity index (χ4n) is 4.34. The molecule has 1 unspecified atom stereocenters. The number of benzene rings is 3. The van der Waals surface area contributed by atoms with Crippen molar-refractivity contribution < 1.29 is 14.0 Å². The summed E-state index contributed by atoms with van der Waals surface area (Å²) in [5, 5.41) is 18.7. The number of allylic oxidation sites excluding steroid dienone is 1. The monoisotopic (exact) mass is 572 g/mol. The van der Waals surface area contributed by atoms with E-state index in [0.29, 0.717) is 17.1 Å². The van der Waals surface area contributed by atoms with Gasteiger partial charge in [0.15, 0.2) is 6.30 Å². The Morgan fingerprint density at radius 3 is 2.54 bits per heavy atom. The van der Waals surface area contributed by atoms with Crippen molar-refractivity contribution in [1.29, 1.82) is 5.26 Å². The molecule has 1 aliphatic rings. The van der Waals surface area contributed by atoms with Crippen LogP contribution in [0.2, 0.25) is 0 Å². The molecule has 0 bridgehead atoms. The van der Waals surface area contributed by atoms with Gasteiger partial charge in [-0.25, -0.2) is 4.39 Å². The summed E-state index contributed by atoms with van der Waals surface area (Å²) >= 11 is 5.82. The zero-order chi connectivity index (χ0) is 29.8. The van der Waals surface area contributed by atoms with E-state index in [1.54, 1.807) is 7.05 Å². The van der Waals surface area contributed by atoms with E-state index in [0.717, 1.165) is 45.9 Å². The molecule has 212 valence electrons. The number of carbonyl (C=O) groups is 2. The van der Waals surface area contributed by atoms with Crippen LogP contribution < -0.4 is 21.7 Å². The van der Waals surface area contributed by atoms with Crippen molar-refractivity contribution in [2.75, 3.05) is 13.6 Å². The van der Waals surface area contributed by atoms with Gasteiger partial charge in [0.05, 0.1) is 18.2 Å². The number of nitriles is 1. The van der Waals surface area contributed by atoms with Gasteiger partial charge < -0.3 is 21.7 Å². The number of fused-ring (bicyclic) bond motifs is 1. The second-order valence-corrected chi connectivity index (χ2v) is 9.84. The summed E-state index contributed by atoms with van der Waals surface area (Å²) in [6.45, 7) is 2.00.